The van der Waals surface area contributed by atoms with Crippen LogP contribution in [0.2, 0.25) is 0 Å². The number of pyridine rings is 1. The molecule has 232 valence electrons. The number of nitrogens with zero attached hydrogens (tertiary/aromatic N) is 1. The first-order valence-electron chi connectivity index (χ1n) is 14.9. The second-order valence-corrected chi connectivity index (χ2v) is 13.7. The van der Waals surface area contributed by atoms with Crippen molar-refractivity contribution in [1.82, 2.24) is 15.0 Å². The van der Waals surface area contributed by atoms with Crippen LogP contribution in [0.15, 0.2) is 67.0 Å². The van der Waals surface area contributed by atoms with E-state index in [9.17, 15) is 23.4 Å². The maximum absolute atomic E-state index is 13.1. The molecule has 1 amide bonds. The molecule has 1 saturated carbocycles. The Labute approximate surface area is 254 Å². The molecule has 0 aliphatic heterocycles. The van der Waals surface area contributed by atoms with Gasteiger partial charge in [0.2, 0.25) is 10.0 Å². The van der Waals surface area contributed by atoms with E-state index in [-0.39, 0.29) is 23.8 Å². The van der Waals surface area contributed by atoms with E-state index in [1.165, 1.54) is 13.8 Å². The molecule has 0 saturated heterocycles. The number of amides is 1. The Morgan fingerprint density at radius 1 is 1.07 bits per heavy atom. The van der Waals surface area contributed by atoms with Gasteiger partial charge in [0.1, 0.15) is 5.75 Å². The molecule has 0 radical (unpaired) electrons. The van der Waals surface area contributed by atoms with Gasteiger partial charge in [-0.05, 0) is 93.8 Å². The molecule has 10 heteroatoms. The van der Waals surface area contributed by atoms with Crippen molar-refractivity contribution in [1.29, 1.82) is 0 Å². The highest BCUT2D eigenvalue weighted by Gasteiger charge is 2.25. The van der Waals surface area contributed by atoms with Gasteiger partial charge in [0, 0.05) is 24.5 Å². The summed E-state index contributed by atoms with van der Waals surface area (Å²) in [6.45, 7) is 4.20. The molecule has 43 heavy (non-hydrogen) atoms. The maximum Gasteiger partial charge on any atom is 0.268 e. The number of benzene rings is 2. The molecule has 3 aromatic rings. The molecule has 1 heterocycles. The van der Waals surface area contributed by atoms with Gasteiger partial charge in [-0.3, -0.25) is 9.78 Å². The molecule has 1 aliphatic carbocycles. The van der Waals surface area contributed by atoms with Crippen molar-refractivity contribution in [2.24, 2.45) is 0 Å². The Hall–Kier alpha value is -3.31. The minimum absolute atomic E-state index is 0.000600. The van der Waals surface area contributed by atoms with Crippen LogP contribution in [0.25, 0.3) is 11.1 Å². The van der Waals surface area contributed by atoms with E-state index in [1.54, 1.807) is 30.6 Å². The smallest absolute Gasteiger partial charge is 0.268 e. The van der Waals surface area contributed by atoms with Crippen LogP contribution >= 0.6 is 0 Å². The number of aliphatic hydroxyl groups is 2. The Morgan fingerprint density at radius 3 is 2.47 bits per heavy atom. The van der Waals surface area contributed by atoms with Crippen LogP contribution in [0.4, 0.5) is 0 Å². The van der Waals surface area contributed by atoms with Crippen LogP contribution in [0.5, 0.6) is 5.75 Å². The monoisotopic (exact) mass is 609 g/mol. The standard InChI is InChI=1S/C33H43N3O6S/c1-33(2,39)17-20-43(40,41)36-32(38)29-15-14-26(21-31(29)42-28-8-4-3-5-9-28)25-12-10-24(11-13-25)16-19-35-23-30(37)27-7-6-18-34-22-27/h6-7,10-15,18,21-22,28,30,35,37,39H,3-5,8-9,16-17,19-20,23H2,1-2H3,(H,36,38)/t30-/m0/s1. The van der Waals surface area contributed by atoms with Crippen molar-refractivity contribution in [2.45, 2.75) is 76.6 Å². The summed E-state index contributed by atoms with van der Waals surface area (Å²) in [4.78, 5) is 17.2. The lowest BCUT2D eigenvalue weighted by Crippen LogP contribution is -2.35. The molecule has 1 fully saturated rings. The number of carbonyl (C=O) groups excluding carboxylic acids is 1. The fraction of sp³-hybridized carbons (Fsp3) is 0.455. The number of ether oxygens (including phenoxy) is 1. The predicted octanol–water partition coefficient (Wildman–Crippen LogP) is 4.55. The highest BCUT2D eigenvalue weighted by molar-refractivity contribution is 7.90. The lowest BCUT2D eigenvalue weighted by atomic mass is 9.97. The van der Waals surface area contributed by atoms with Crippen LogP contribution in [0.1, 0.15) is 80.0 Å². The summed E-state index contributed by atoms with van der Waals surface area (Å²) in [6, 6.07) is 17.0. The number of nitrogens with one attached hydrogen (secondary N) is 2. The van der Waals surface area contributed by atoms with E-state index in [1.807, 2.05) is 36.4 Å². The summed E-state index contributed by atoms with van der Waals surface area (Å²) in [5, 5.41) is 23.5. The SMILES string of the molecule is CC(C)(O)CCS(=O)(=O)NC(=O)c1ccc(-c2ccc(CCNC[C@H](O)c3cccnc3)cc2)cc1OC1CCCCC1. The topological polar surface area (TPSA) is 138 Å². The Kier molecular flexibility index (Phi) is 11.3. The van der Waals surface area contributed by atoms with E-state index in [0.29, 0.717) is 18.8 Å². The largest absolute Gasteiger partial charge is 0.490 e. The predicted molar refractivity (Wildman–Crippen MR) is 167 cm³/mol. The van der Waals surface area contributed by atoms with Gasteiger partial charge in [-0.25, -0.2) is 13.1 Å². The van der Waals surface area contributed by atoms with Crippen molar-refractivity contribution < 1.29 is 28.2 Å². The van der Waals surface area contributed by atoms with Crippen molar-refractivity contribution in [3.8, 4) is 16.9 Å². The Balaban J connectivity index is 1.42. The maximum atomic E-state index is 13.1. The number of hydrogen-bond donors (Lipinski definition) is 4. The summed E-state index contributed by atoms with van der Waals surface area (Å²) in [6.07, 6.45) is 8.51. The highest BCUT2D eigenvalue weighted by atomic mass is 32.2. The van der Waals surface area contributed by atoms with Gasteiger partial charge in [0.15, 0.2) is 0 Å². The zero-order valence-electron chi connectivity index (χ0n) is 25.0. The minimum Gasteiger partial charge on any atom is -0.490 e. The number of hydrogen-bond acceptors (Lipinski definition) is 8. The van der Waals surface area contributed by atoms with Gasteiger partial charge in [-0.2, -0.15) is 0 Å². The van der Waals surface area contributed by atoms with Gasteiger partial charge in [0.25, 0.3) is 5.91 Å². The lowest BCUT2D eigenvalue weighted by molar-refractivity contribution is 0.0769. The van der Waals surface area contributed by atoms with E-state index in [0.717, 1.165) is 60.8 Å². The number of sulfonamides is 1. The summed E-state index contributed by atoms with van der Waals surface area (Å²) < 4.78 is 33.6. The second kappa shape index (κ2) is 14.9. The summed E-state index contributed by atoms with van der Waals surface area (Å²) >= 11 is 0. The molecule has 0 unspecified atom stereocenters. The first-order valence-corrected chi connectivity index (χ1v) is 16.6. The van der Waals surface area contributed by atoms with E-state index >= 15 is 0 Å². The van der Waals surface area contributed by atoms with Crippen LogP contribution < -0.4 is 14.8 Å². The molecule has 1 aromatic heterocycles. The van der Waals surface area contributed by atoms with Crippen LogP contribution in [0.3, 0.4) is 0 Å². The summed E-state index contributed by atoms with van der Waals surface area (Å²) in [5.74, 6) is -0.754. The number of carbonyl (C=O) groups is 1. The third-order valence-corrected chi connectivity index (χ3v) is 8.83. The summed E-state index contributed by atoms with van der Waals surface area (Å²) in [5.41, 5.74) is 2.72. The molecule has 1 atom stereocenters. The molecule has 1 aliphatic rings. The molecule has 2 aromatic carbocycles. The van der Waals surface area contributed by atoms with Gasteiger partial charge in [0.05, 0.1) is 29.1 Å². The molecule has 9 nitrogen and oxygen atoms in total. The minimum atomic E-state index is -3.94. The van der Waals surface area contributed by atoms with Crippen LogP contribution in [-0.4, -0.2) is 60.1 Å². The van der Waals surface area contributed by atoms with Gasteiger partial charge >= 0.3 is 0 Å². The Bertz CT molecular complexity index is 1430. The molecule has 4 rings (SSSR count). The molecule has 0 spiro atoms. The highest BCUT2D eigenvalue weighted by Crippen LogP contribution is 2.31. The second-order valence-electron chi connectivity index (χ2n) is 11.9. The number of rotatable bonds is 14. The first-order chi connectivity index (χ1) is 20.5. The zero-order chi connectivity index (χ0) is 30.9. The zero-order valence-corrected chi connectivity index (χ0v) is 25.8. The average Bonchev–Trinajstić information content (AvgIpc) is 2.99. The van der Waals surface area contributed by atoms with Crippen molar-refractivity contribution in [3.63, 3.8) is 0 Å². The molecular weight excluding hydrogens is 566 g/mol. The Morgan fingerprint density at radius 2 is 1.79 bits per heavy atom. The average molecular weight is 610 g/mol. The first kappa shape index (κ1) is 32.6. The van der Waals surface area contributed by atoms with Crippen LogP contribution in [0, 0.1) is 0 Å². The fourth-order valence-electron chi connectivity index (χ4n) is 5.01. The van der Waals surface area contributed by atoms with Crippen molar-refractivity contribution in [3.05, 3.63) is 83.7 Å². The third-order valence-electron chi connectivity index (χ3n) is 7.59. The third kappa shape index (κ3) is 10.4. The van der Waals surface area contributed by atoms with Crippen LogP contribution in [-0.2, 0) is 16.4 Å². The lowest BCUT2D eigenvalue weighted by Gasteiger charge is -2.24. The molecule has 0 bridgehead atoms. The van der Waals surface area contributed by atoms with E-state index in [4.69, 9.17) is 4.74 Å². The normalized spacial score (nSPS) is 15.2. The molecule has 4 N–H and O–H groups in total. The van der Waals surface area contributed by atoms with Gasteiger partial charge in [-0.15, -0.1) is 0 Å². The van der Waals surface area contributed by atoms with Crippen molar-refractivity contribution >= 4 is 15.9 Å². The van der Waals surface area contributed by atoms with E-state index in [2.05, 4.69) is 15.0 Å². The summed E-state index contributed by atoms with van der Waals surface area (Å²) in [7, 11) is -3.94. The van der Waals surface area contributed by atoms with Gasteiger partial charge in [-0.1, -0.05) is 42.8 Å². The van der Waals surface area contributed by atoms with Gasteiger partial charge < -0.3 is 20.3 Å². The molecular formula is C33H43N3O6S. The number of aliphatic hydroxyl groups excluding tert-OH is 1. The van der Waals surface area contributed by atoms with E-state index < -0.39 is 27.6 Å². The number of aromatic nitrogens is 1. The quantitative estimate of drug-likeness (QED) is 0.196. The van der Waals surface area contributed by atoms with Crippen molar-refractivity contribution in [2.75, 3.05) is 18.8 Å². The fourth-order valence-corrected chi connectivity index (χ4v) is 6.27.